The fourth-order valence-corrected chi connectivity index (χ4v) is 2.23. The molecule has 0 aliphatic rings. The van der Waals surface area contributed by atoms with E-state index in [9.17, 15) is 4.79 Å². The van der Waals surface area contributed by atoms with Crippen LogP contribution in [-0.4, -0.2) is 32.3 Å². The quantitative estimate of drug-likeness (QED) is 0.728. The summed E-state index contributed by atoms with van der Waals surface area (Å²) in [5, 5.41) is 3.43. The third-order valence-corrected chi connectivity index (χ3v) is 3.96. The van der Waals surface area contributed by atoms with Crippen LogP contribution in [0.4, 0.5) is 0 Å². The van der Waals surface area contributed by atoms with Crippen molar-refractivity contribution in [1.82, 2.24) is 5.32 Å². The lowest BCUT2D eigenvalue weighted by Crippen LogP contribution is -2.38. The third-order valence-electron chi connectivity index (χ3n) is 3.55. The summed E-state index contributed by atoms with van der Waals surface area (Å²) in [6.45, 7) is 4.34. The highest BCUT2D eigenvalue weighted by Crippen LogP contribution is 2.21. The average molecular weight is 364 g/mol. The molecule has 0 radical (unpaired) electrons. The smallest absolute Gasteiger partial charge is 0.260 e. The van der Waals surface area contributed by atoms with E-state index in [0.29, 0.717) is 29.7 Å². The van der Waals surface area contributed by atoms with E-state index in [-0.39, 0.29) is 5.91 Å². The maximum Gasteiger partial charge on any atom is 0.260 e. The van der Waals surface area contributed by atoms with Crippen LogP contribution in [0.15, 0.2) is 42.5 Å². The average Bonchev–Trinajstić information content (AvgIpc) is 2.62. The molecule has 1 atom stereocenters. The molecule has 0 bridgehead atoms. The molecule has 2 aromatic rings. The van der Waals surface area contributed by atoms with Gasteiger partial charge in [0.05, 0.1) is 13.7 Å². The number of aryl methyl sites for hydroxylation is 1. The Morgan fingerprint density at radius 1 is 1.12 bits per heavy atom. The Kier molecular flexibility index (Phi) is 6.95. The number of carbonyl (C=O) groups is 1. The van der Waals surface area contributed by atoms with Gasteiger partial charge < -0.3 is 19.5 Å². The zero-order valence-electron chi connectivity index (χ0n) is 14.5. The minimum atomic E-state index is -0.609. The van der Waals surface area contributed by atoms with Crippen molar-refractivity contribution >= 4 is 17.5 Å². The molecule has 1 N–H and O–H groups in total. The monoisotopic (exact) mass is 363 g/mol. The van der Waals surface area contributed by atoms with Crippen LogP contribution in [0.3, 0.4) is 0 Å². The molecular weight excluding hydrogens is 342 g/mol. The first-order chi connectivity index (χ1) is 12.0. The summed E-state index contributed by atoms with van der Waals surface area (Å²) >= 11 is 6.04. The Labute approximate surface area is 152 Å². The maximum absolute atomic E-state index is 12.0. The minimum absolute atomic E-state index is 0.207. The van der Waals surface area contributed by atoms with Gasteiger partial charge >= 0.3 is 0 Å². The molecular formula is C19H22ClNO4. The lowest BCUT2D eigenvalue weighted by molar-refractivity contribution is -0.127. The second kappa shape index (κ2) is 9.18. The molecule has 0 heterocycles. The molecule has 1 amide bonds. The topological polar surface area (TPSA) is 56.8 Å². The van der Waals surface area contributed by atoms with Crippen LogP contribution in [0.25, 0.3) is 0 Å². The van der Waals surface area contributed by atoms with Gasteiger partial charge in [-0.3, -0.25) is 4.79 Å². The van der Waals surface area contributed by atoms with E-state index in [4.69, 9.17) is 25.8 Å². The van der Waals surface area contributed by atoms with Gasteiger partial charge in [0.15, 0.2) is 6.10 Å². The molecule has 0 saturated heterocycles. The molecule has 0 aromatic heterocycles. The highest BCUT2D eigenvalue weighted by atomic mass is 35.5. The van der Waals surface area contributed by atoms with Crippen LogP contribution in [0, 0.1) is 6.92 Å². The predicted molar refractivity (Wildman–Crippen MR) is 97.8 cm³/mol. The van der Waals surface area contributed by atoms with E-state index >= 15 is 0 Å². The van der Waals surface area contributed by atoms with Crippen molar-refractivity contribution < 1.29 is 19.0 Å². The second-order valence-electron chi connectivity index (χ2n) is 5.49. The second-order valence-corrected chi connectivity index (χ2v) is 5.89. The van der Waals surface area contributed by atoms with Gasteiger partial charge in [0.1, 0.15) is 23.9 Å². The van der Waals surface area contributed by atoms with Crippen molar-refractivity contribution in [1.29, 1.82) is 0 Å². The van der Waals surface area contributed by atoms with E-state index in [0.717, 1.165) is 11.3 Å². The lowest BCUT2D eigenvalue weighted by Gasteiger charge is -2.15. The number of nitrogens with one attached hydrogen (secondary N) is 1. The summed E-state index contributed by atoms with van der Waals surface area (Å²) in [4.78, 5) is 12.0. The van der Waals surface area contributed by atoms with Crippen molar-refractivity contribution in [3.63, 3.8) is 0 Å². The normalized spacial score (nSPS) is 11.5. The molecule has 6 heteroatoms. The van der Waals surface area contributed by atoms with Crippen molar-refractivity contribution in [2.45, 2.75) is 20.0 Å². The zero-order chi connectivity index (χ0) is 18.2. The van der Waals surface area contributed by atoms with Crippen molar-refractivity contribution in [2.24, 2.45) is 0 Å². The van der Waals surface area contributed by atoms with E-state index in [2.05, 4.69) is 5.32 Å². The van der Waals surface area contributed by atoms with Crippen molar-refractivity contribution in [3.05, 3.63) is 53.1 Å². The van der Waals surface area contributed by atoms with E-state index < -0.39 is 6.10 Å². The van der Waals surface area contributed by atoms with Crippen LogP contribution in [0.5, 0.6) is 17.2 Å². The number of ether oxygens (including phenoxy) is 3. The number of benzene rings is 2. The SMILES string of the molecule is COc1ccc(OC(C)C(=O)NCCOc2ccc(C)c(Cl)c2)cc1. The summed E-state index contributed by atoms with van der Waals surface area (Å²) in [5.74, 6) is 1.81. The molecule has 5 nitrogen and oxygen atoms in total. The fourth-order valence-electron chi connectivity index (χ4n) is 2.06. The number of carbonyl (C=O) groups excluding carboxylic acids is 1. The highest BCUT2D eigenvalue weighted by molar-refractivity contribution is 6.31. The molecule has 2 rings (SSSR count). The molecule has 0 spiro atoms. The number of hydrogen-bond acceptors (Lipinski definition) is 4. The summed E-state index contributed by atoms with van der Waals surface area (Å²) in [7, 11) is 1.60. The molecule has 134 valence electrons. The fraction of sp³-hybridized carbons (Fsp3) is 0.316. The van der Waals surface area contributed by atoms with Crippen LogP contribution < -0.4 is 19.5 Å². The van der Waals surface area contributed by atoms with Crippen LogP contribution in [0.1, 0.15) is 12.5 Å². The summed E-state index contributed by atoms with van der Waals surface area (Å²) in [6, 6.07) is 12.6. The van der Waals surface area contributed by atoms with Crippen LogP contribution in [-0.2, 0) is 4.79 Å². The number of amides is 1. The van der Waals surface area contributed by atoms with E-state index in [1.807, 2.05) is 19.1 Å². The predicted octanol–water partition coefficient (Wildman–Crippen LogP) is 3.62. The standard InChI is InChI=1S/C19H22ClNO4/c1-13-4-5-17(12-18(13)20)24-11-10-21-19(22)14(2)25-16-8-6-15(23-3)7-9-16/h4-9,12,14H,10-11H2,1-3H3,(H,21,22). The highest BCUT2D eigenvalue weighted by Gasteiger charge is 2.14. The molecule has 0 saturated carbocycles. The first-order valence-corrected chi connectivity index (χ1v) is 8.35. The Morgan fingerprint density at radius 3 is 2.40 bits per heavy atom. The van der Waals surface area contributed by atoms with Gasteiger partial charge in [0, 0.05) is 5.02 Å². The van der Waals surface area contributed by atoms with E-state index in [1.165, 1.54) is 0 Å². The number of hydrogen-bond donors (Lipinski definition) is 1. The van der Waals surface area contributed by atoms with Gasteiger partial charge in [-0.15, -0.1) is 0 Å². The first-order valence-electron chi connectivity index (χ1n) is 7.97. The molecule has 25 heavy (non-hydrogen) atoms. The Morgan fingerprint density at radius 2 is 1.76 bits per heavy atom. The molecule has 2 aromatic carbocycles. The summed E-state index contributed by atoms with van der Waals surface area (Å²) < 4.78 is 16.2. The number of rotatable bonds is 8. The largest absolute Gasteiger partial charge is 0.497 e. The number of halogens is 1. The van der Waals surface area contributed by atoms with Crippen LogP contribution >= 0.6 is 11.6 Å². The van der Waals surface area contributed by atoms with Gasteiger partial charge in [0.2, 0.25) is 0 Å². The van der Waals surface area contributed by atoms with Crippen molar-refractivity contribution in [3.8, 4) is 17.2 Å². The number of methoxy groups -OCH3 is 1. The summed E-state index contributed by atoms with van der Waals surface area (Å²) in [5.41, 5.74) is 0.992. The summed E-state index contributed by atoms with van der Waals surface area (Å²) in [6.07, 6.45) is -0.609. The van der Waals surface area contributed by atoms with Gasteiger partial charge in [-0.05, 0) is 55.8 Å². The first kappa shape index (κ1) is 18.9. The molecule has 0 aliphatic carbocycles. The maximum atomic E-state index is 12.0. The van der Waals surface area contributed by atoms with Gasteiger partial charge in [-0.25, -0.2) is 0 Å². The van der Waals surface area contributed by atoms with Crippen LogP contribution in [0.2, 0.25) is 5.02 Å². The van der Waals surface area contributed by atoms with Gasteiger partial charge in [-0.2, -0.15) is 0 Å². The Hall–Kier alpha value is -2.40. The lowest BCUT2D eigenvalue weighted by atomic mass is 10.2. The van der Waals surface area contributed by atoms with Crippen molar-refractivity contribution in [2.75, 3.05) is 20.3 Å². The molecule has 1 unspecified atom stereocenters. The zero-order valence-corrected chi connectivity index (χ0v) is 15.3. The van der Waals surface area contributed by atoms with E-state index in [1.54, 1.807) is 44.4 Å². The van der Waals surface area contributed by atoms with Gasteiger partial charge in [-0.1, -0.05) is 17.7 Å². The Bertz CT molecular complexity index is 703. The minimum Gasteiger partial charge on any atom is -0.497 e. The molecule has 0 aliphatic heterocycles. The van der Waals surface area contributed by atoms with Gasteiger partial charge in [0.25, 0.3) is 5.91 Å². The molecule has 0 fully saturated rings. The third kappa shape index (κ3) is 5.87. The Balaban J connectivity index is 1.72.